The molecular weight excluding hydrogens is 374 g/mol. The number of hydrogen-bond donors (Lipinski definition) is 1. The highest BCUT2D eigenvalue weighted by molar-refractivity contribution is 7.88. The summed E-state index contributed by atoms with van der Waals surface area (Å²) >= 11 is 0. The molecule has 7 heteroatoms. The summed E-state index contributed by atoms with van der Waals surface area (Å²) in [5, 5.41) is 3.00. The molecule has 0 atom stereocenters. The van der Waals surface area contributed by atoms with Crippen molar-refractivity contribution < 1.29 is 13.2 Å². The van der Waals surface area contributed by atoms with Gasteiger partial charge in [0.1, 0.15) is 0 Å². The number of nitrogens with zero attached hydrogens (tertiary/aromatic N) is 2. The molecule has 1 heterocycles. The van der Waals surface area contributed by atoms with Crippen LogP contribution < -0.4 is 10.2 Å². The molecule has 0 unspecified atom stereocenters. The van der Waals surface area contributed by atoms with Crippen molar-refractivity contribution in [3.05, 3.63) is 59.7 Å². The molecule has 0 aliphatic carbocycles. The van der Waals surface area contributed by atoms with Crippen LogP contribution in [0, 0.1) is 0 Å². The van der Waals surface area contributed by atoms with Gasteiger partial charge in [0.05, 0.1) is 17.6 Å². The number of carbonyl (C=O) groups is 1. The van der Waals surface area contributed by atoms with E-state index in [4.69, 9.17) is 0 Å². The van der Waals surface area contributed by atoms with Gasteiger partial charge in [0.15, 0.2) is 0 Å². The maximum atomic E-state index is 12.7. The quantitative estimate of drug-likeness (QED) is 0.836. The van der Waals surface area contributed by atoms with E-state index in [2.05, 4.69) is 24.1 Å². The lowest BCUT2D eigenvalue weighted by molar-refractivity contribution is 0.102. The van der Waals surface area contributed by atoms with Gasteiger partial charge in [0.2, 0.25) is 10.0 Å². The van der Waals surface area contributed by atoms with Crippen LogP contribution in [-0.4, -0.2) is 51.1 Å². The number of nitrogens with one attached hydrogen (secondary N) is 1. The Balaban J connectivity index is 1.73. The van der Waals surface area contributed by atoms with E-state index >= 15 is 0 Å². The Hall–Kier alpha value is -2.38. The summed E-state index contributed by atoms with van der Waals surface area (Å²) < 4.78 is 24.9. The number of amides is 1. The SMILES string of the molecule is CC(C)c1ccc(C(=O)Nc2ccccc2N2CCN(S(C)(=O)=O)CC2)cc1. The minimum absolute atomic E-state index is 0.155. The minimum Gasteiger partial charge on any atom is -0.367 e. The molecule has 1 saturated heterocycles. The van der Waals surface area contributed by atoms with E-state index in [0.29, 0.717) is 37.7 Å². The molecule has 2 aromatic carbocycles. The number of carbonyl (C=O) groups excluding carboxylic acids is 1. The van der Waals surface area contributed by atoms with Crippen LogP contribution in [-0.2, 0) is 10.0 Å². The lowest BCUT2D eigenvalue weighted by Gasteiger charge is -2.35. The largest absolute Gasteiger partial charge is 0.367 e. The van der Waals surface area contributed by atoms with Gasteiger partial charge in [-0.25, -0.2) is 8.42 Å². The molecule has 0 saturated carbocycles. The number of sulfonamides is 1. The van der Waals surface area contributed by atoms with Crippen LogP contribution in [0.1, 0.15) is 35.7 Å². The molecule has 0 radical (unpaired) electrons. The number of rotatable bonds is 5. The van der Waals surface area contributed by atoms with Crippen molar-refractivity contribution in [1.29, 1.82) is 0 Å². The van der Waals surface area contributed by atoms with Crippen molar-refractivity contribution in [3.63, 3.8) is 0 Å². The van der Waals surface area contributed by atoms with Gasteiger partial charge in [-0.15, -0.1) is 0 Å². The van der Waals surface area contributed by atoms with Gasteiger partial charge >= 0.3 is 0 Å². The smallest absolute Gasteiger partial charge is 0.255 e. The summed E-state index contributed by atoms with van der Waals surface area (Å²) in [6, 6.07) is 15.3. The zero-order valence-electron chi connectivity index (χ0n) is 16.6. The second-order valence-corrected chi connectivity index (χ2v) is 9.38. The van der Waals surface area contributed by atoms with Crippen molar-refractivity contribution in [2.75, 3.05) is 42.7 Å². The highest BCUT2D eigenvalue weighted by Gasteiger charge is 2.24. The zero-order chi connectivity index (χ0) is 20.3. The van der Waals surface area contributed by atoms with Gasteiger partial charge in [-0.1, -0.05) is 38.1 Å². The first kappa shape index (κ1) is 20.4. The van der Waals surface area contributed by atoms with E-state index in [9.17, 15) is 13.2 Å². The molecule has 1 fully saturated rings. The Labute approximate surface area is 167 Å². The van der Waals surface area contributed by atoms with Gasteiger partial charge in [-0.3, -0.25) is 4.79 Å². The fourth-order valence-corrected chi connectivity index (χ4v) is 4.16. The monoisotopic (exact) mass is 401 g/mol. The molecule has 2 aromatic rings. The predicted molar refractivity (Wildman–Crippen MR) is 114 cm³/mol. The van der Waals surface area contributed by atoms with Crippen LogP contribution in [0.4, 0.5) is 11.4 Å². The van der Waals surface area contributed by atoms with Crippen LogP contribution in [0.2, 0.25) is 0 Å². The molecular formula is C21H27N3O3S. The average Bonchev–Trinajstić information content (AvgIpc) is 2.68. The Morgan fingerprint density at radius 2 is 1.57 bits per heavy atom. The van der Waals surface area contributed by atoms with Gasteiger partial charge in [-0.2, -0.15) is 4.31 Å². The second-order valence-electron chi connectivity index (χ2n) is 7.40. The molecule has 28 heavy (non-hydrogen) atoms. The van der Waals surface area contributed by atoms with Crippen molar-refractivity contribution in [2.24, 2.45) is 0 Å². The fourth-order valence-electron chi connectivity index (χ4n) is 3.33. The van der Waals surface area contributed by atoms with E-state index in [1.54, 1.807) is 0 Å². The Morgan fingerprint density at radius 1 is 0.964 bits per heavy atom. The fraction of sp³-hybridized carbons (Fsp3) is 0.381. The van der Waals surface area contributed by atoms with Crippen molar-refractivity contribution in [2.45, 2.75) is 19.8 Å². The van der Waals surface area contributed by atoms with E-state index in [0.717, 1.165) is 11.4 Å². The van der Waals surface area contributed by atoms with E-state index in [-0.39, 0.29) is 5.91 Å². The summed E-state index contributed by atoms with van der Waals surface area (Å²) in [6.45, 7) is 6.30. The first-order valence-corrected chi connectivity index (χ1v) is 11.3. The lowest BCUT2D eigenvalue weighted by Crippen LogP contribution is -2.48. The third-order valence-corrected chi connectivity index (χ3v) is 6.34. The Kier molecular flexibility index (Phi) is 6.05. The van der Waals surface area contributed by atoms with Crippen molar-refractivity contribution in [3.8, 4) is 0 Å². The van der Waals surface area contributed by atoms with E-state index in [1.165, 1.54) is 16.1 Å². The molecule has 0 bridgehead atoms. The third-order valence-electron chi connectivity index (χ3n) is 5.04. The maximum Gasteiger partial charge on any atom is 0.255 e. The summed E-state index contributed by atoms with van der Waals surface area (Å²) in [7, 11) is -3.17. The van der Waals surface area contributed by atoms with Crippen molar-refractivity contribution >= 4 is 27.3 Å². The van der Waals surface area contributed by atoms with Gasteiger partial charge in [0, 0.05) is 31.7 Å². The topological polar surface area (TPSA) is 69.7 Å². The van der Waals surface area contributed by atoms with Gasteiger partial charge in [0.25, 0.3) is 5.91 Å². The highest BCUT2D eigenvalue weighted by atomic mass is 32.2. The van der Waals surface area contributed by atoms with Crippen LogP contribution in [0.5, 0.6) is 0 Å². The highest BCUT2D eigenvalue weighted by Crippen LogP contribution is 2.27. The normalized spacial score (nSPS) is 15.6. The number of benzene rings is 2. The Morgan fingerprint density at radius 3 is 2.14 bits per heavy atom. The van der Waals surface area contributed by atoms with Gasteiger partial charge in [-0.05, 0) is 35.7 Å². The molecule has 1 aliphatic rings. The zero-order valence-corrected chi connectivity index (χ0v) is 17.4. The maximum absolute atomic E-state index is 12.7. The first-order valence-electron chi connectivity index (χ1n) is 9.46. The number of hydrogen-bond acceptors (Lipinski definition) is 4. The standard InChI is InChI=1S/C21H27N3O3S/c1-16(2)17-8-10-18(11-9-17)21(25)22-19-6-4-5-7-20(19)23-12-14-24(15-13-23)28(3,26)27/h4-11,16H,12-15H2,1-3H3,(H,22,25). The molecule has 1 aliphatic heterocycles. The average molecular weight is 402 g/mol. The second kappa shape index (κ2) is 8.32. The summed E-state index contributed by atoms with van der Waals surface area (Å²) in [6.07, 6.45) is 1.24. The predicted octanol–water partition coefficient (Wildman–Crippen LogP) is 3.14. The molecule has 1 N–H and O–H groups in total. The van der Waals surface area contributed by atoms with Crippen LogP contribution >= 0.6 is 0 Å². The van der Waals surface area contributed by atoms with Crippen LogP contribution in [0.25, 0.3) is 0 Å². The lowest BCUT2D eigenvalue weighted by atomic mass is 10.0. The molecule has 0 aromatic heterocycles. The number of piperazine rings is 1. The first-order chi connectivity index (χ1) is 13.3. The van der Waals surface area contributed by atoms with Crippen molar-refractivity contribution in [1.82, 2.24) is 4.31 Å². The summed E-state index contributed by atoms with van der Waals surface area (Å²) in [5.74, 6) is 0.265. The minimum atomic E-state index is -3.17. The molecule has 3 rings (SSSR count). The molecule has 6 nitrogen and oxygen atoms in total. The Bertz CT molecular complexity index is 932. The number of anilines is 2. The summed E-state index contributed by atoms with van der Waals surface area (Å²) in [4.78, 5) is 14.8. The van der Waals surface area contributed by atoms with Crippen LogP contribution in [0.3, 0.4) is 0 Å². The third kappa shape index (κ3) is 4.72. The summed E-state index contributed by atoms with van der Waals surface area (Å²) in [5.41, 5.74) is 3.44. The van der Waals surface area contributed by atoms with Crippen LogP contribution in [0.15, 0.2) is 48.5 Å². The van der Waals surface area contributed by atoms with Gasteiger partial charge < -0.3 is 10.2 Å². The molecule has 150 valence electrons. The number of para-hydroxylation sites is 2. The molecule has 0 spiro atoms. The molecule has 1 amide bonds. The van der Waals surface area contributed by atoms with E-state index in [1.807, 2.05) is 48.5 Å². The van der Waals surface area contributed by atoms with E-state index < -0.39 is 10.0 Å².